The van der Waals surface area contributed by atoms with Crippen LogP contribution in [-0.2, 0) is 13.1 Å². The summed E-state index contributed by atoms with van der Waals surface area (Å²) in [6.07, 6.45) is 7.66. The number of hydrogen-bond acceptors (Lipinski definition) is 3. The largest absolute Gasteiger partial charge is 0.468 e. The fourth-order valence-electron chi connectivity index (χ4n) is 4.00. The molecule has 2 aliphatic carbocycles. The number of fused-ring (bicyclic) bond motifs is 2. The van der Waals surface area contributed by atoms with E-state index in [-0.39, 0.29) is 0 Å². The normalized spacial score (nSPS) is 30.5. The van der Waals surface area contributed by atoms with Crippen molar-refractivity contribution in [2.24, 2.45) is 23.5 Å². The summed E-state index contributed by atoms with van der Waals surface area (Å²) in [5.41, 5.74) is 6.85. The maximum Gasteiger partial charge on any atom is 0.122 e. The maximum absolute atomic E-state index is 5.71. The maximum atomic E-state index is 5.71. The Labute approximate surface area is 109 Å². The molecule has 3 rings (SSSR count). The molecule has 2 N–H and O–H groups in total. The Morgan fingerprint density at radius 3 is 2.94 bits per heavy atom. The molecule has 0 amide bonds. The van der Waals surface area contributed by atoms with E-state index in [2.05, 4.69) is 11.9 Å². The summed E-state index contributed by atoms with van der Waals surface area (Å²) in [4.78, 5) is 2.41. The number of nitrogens with zero attached hydrogens (tertiary/aromatic N) is 1. The Morgan fingerprint density at radius 1 is 1.39 bits per heavy atom. The van der Waals surface area contributed by atoms with Crippen molar-refractivity contribution < 1.29 is 4.42 Å². The lowest BCUT2D eigenvalue weighted by molar-refractivity contribution is 0.203. The first-order valence-corrected chi connectivity index (χ1v) is 7.20. The van der Waals surface area contributed by atoms with Crippen molar-refractivity contribution in [2.75, 3.05) is 13.6 Å². The highest BCUT2D eigenvalue weighted by Gasteiger charge is 2.39. The summed E-state index contributed by atoms with van der Waals surface area (Å²) in [6.45, 7) is 2.69. The van der Waals surface area contributed by atoms with E-state index in [1.54, 1.807) is 6.26 Å². The van der Waals surface area contributed by atoms with Gasteiger partial charge in [0.05, 0.1) is 12.8 Å². The molecule has 100 valence electrons. The molecular formula is C15H24N2O. The summed E-state index contributed by atoms with van der Waals surface area (Å²) in [7, 11) is 2.20. The van der Waals surface area contributed by atoms with Gasteiger partial charge in [0, 0.05) is 18.7 Å². The third-order valence-electron chi connectivity index (χ3n) is 4.90. The Balaban J connectivity index is 1.54. The first kappa shape index (κ1) is 12.2. The zero-order valence-corrected chi connectivity index (χ0v) is 11.3. The van der Waals surface area contributed by atoms with E-state index >= 15 is 0 Å². The highest BCUT2D eigenvalue weighted by molar-refractivity contribution is 5.16. The summed E-state index contributed by atoms with van der Waals surface area (Å²) < 4.78 is 5.53. The molecule has 2 fully saturated rings. The van der Waals surface area contributed by atoms with Gasteiger partial charge < -0.3 is 10.2 Å². The van der Waals surface area contributed by atoms with E-state index in [0.29, 0.717) is 6.54 Å². The lowest BCUT2D eigenvalue weighted by Gasteiger charge is -2.26. The molecule has 2 aliphatic rings. The lowest BCUT2D eigenvalue weighted by atomic mass is 9.88. The third kappa shape index (κ3) is 2.34. The number of nitrogens with two attached hydrogens (primary N) is 1. The molecule has 0 saturated heterocycles. The van der Waals surface area contributed by atoms with Crippen molar-refractivity contribution in [2.45, 2.75) is 38.8 Å². The van der Waals surface area contributed by atoms with Crippen molar-refractivity contribution in [3.63, 3.8) is 0 Å². The molecule has 0 aliphatic heterocycles. The standard InChI is InChI=1S/C15H24N2O/c1-17(10-15-13(8-16)4-5-18-15)9-14-7-11-2-3-12(14)6-11/h4-5,11-12,14H,2-3,6-10,16H2,1H3. The number of rotatable bonds is 5. The second kappa shape index (κ2) is 5.06. The molecule has 3 atom stereocenters. The van der Waals surface area contributed by atoms with Gasteiger partial charge >= 0.3 is 0 Å². The average molecular weight is 248 g/mol. The van der Waals surface area contributed by atoms with Gasteiger partial charge in [-0.3, -0.25) is 4.90 Å². The van der Waals surface area contributed by atoms with Gasteiger partial charge in [-0.05, 0) is 50.1 Å². The summed E-state index contributed by atoms with van der Waals surface area (Å²) in [5, 5.41) is 0. The predicted octanol–water partition coefficient (Wildman–Crippen LogP) is 2.61. The molecule has 1 aromatic heterocycles. The molecule has 0 aromatic carbocycles. The fourth-order valence-corrected chi connectivity index (χ4v) is 4.00. The molecule has 3 heteroatoms. The van der Waals surface area contributed by atoms with Crippen LogP contribution in [0.1, 0.15) is 37.0 Å². The van der Waals surface area contributed by atoms with E-state index in [9.17, 15) is 0 Å². The van der Waals surface area contributed by atoms with Crippen LogP contribution in [0.25, 0.3) is 0 Å². The molecule has 3 nitrogen and oxygen atoms in total. The van der Waals surface area contributed by atoms with Gasteiger partial charge in [0.2, 0.25) is 0 Å². The van der Waals surface area contributed by atoms with Crippen LogP contribution in [0.4, 0.5) is 0 Å². The van der Waals surface area contributed by atoms with E-state index in [4.69, 9.17) is 10.2 Å². The second-order valence-corrected chi connectivity index (χ2v) is 6.20. The third-order valence-corrected chi connectivity index (χ3v) is 4.90. The SMILES string of the molecule is CN(Cc1occc1CN)CC1CC2CCC1C2. The van der Waals surface area contributed by atoms with Gasteiger partial charge in [0.15, 0.2) is 0 Å². The van der Waals surface area contributed by atoms with E-state index in [0.717, 1.165) is 35.6 Å². The van der Waals surface area contributed by atoms with Gasteiger partial charge in [-0.25, -0.2) is 0 Å². The van der Waals surface area contributed by atoms with Crippen molar-refractivity contribution in [3.8, 4) is 0 Å². The van der Waals surface area contributed by atoms with Crippen LogP contribution in [0, 0.1) is 17.8 Å². The minimum absolute atomic E-state index is 0.577. The van der Waals surface area contributed by atoms with E-state index in [1.165, 1.54) is 32.2 Å². The monoisotopic (exact) mass is 248 g/mol. The first-order valence-electron chi connectivity index (χ1n) is 7.20. The fraction of sp³-hybridized carbons (Fsp3) is 0.733. The van der Waals surface area contributed by atoms with Crippen LogP contribution in [0.5, 0.6) is 0 Å². The number of furan rings is 1. The Bertz CT molecular complexity index is 401. The van der Waals surface area contributed by atoms with Crippen LogP contribution in [-0.4, -0.2) is 18.5 Å². The minimum Gasteiger partial charge on any atom is -0.468 e. The molecule has 1 heterocycles. The Morgan fingerprint density at radius 2 is 2.28 bits per heavy atom. The van der Waals surface area contributed by atoms with Gasteiger partial charge in [-0.15, -0.1) is 0 Å². The predicted molar refractivity (Wildman–Crippen MR) is 71.9 cm³/mol. The second-order valence-electron chi connectivity index (χ2n) is 6.20. The van der Waals surface area contributed by atoms with Gasteiger partial charge in [-0.2, -0.15) is 0 Å². The Hall–Kier alpha value is -0.800. The highest BCUT2D eigenvalue weighted by Crippen LogP contribution is 2.48. The Kier molecular flexibility index (Phi) is 3.44. The zero-order valence-electron chi connectivity index (χ0n) is 11.3. The summed E-state index contributed by atoms with van der Waals surface area (Å²) >= 11 is 0. The van der Waals surface area contributed by atoms with Crippen molar-refractivity contribution >= 4 is 0 Å². The number of hydrogen-bond donors (Lipinski definition) is 1. The van der Waals surface area contributed by atoms with Crippen molar-refractivity contribution in [1.82, 2.24) is 4.90 Å². The van der Waals surface area contributed by atoms with Crippen molar-refractivity contribution in [3.05, 3.63) is 23.7 Å². The van der Waals surface area contributed by atoms with Crippen molar-refractivity contribution in [1.29, 1.82) is 0 Å². The molecule has 0 radical (unpaired) electrons. The van der Waals surface area contributed by atoms with Gasteiger partial charge in [0.25, 0.3) is 0 Å². The minimum atomic E-state index is 0.577. The van der Waals surface area contributed by atoms with Gasteiger partial charge in [0.1, 0.15) is 5.76 Å². The summed E-state index contributed by atoms with van der Waals surface area (Å²) in [6, 6.07) is 1.99. The molecule has 2 bridgehead atoms. The topological polar surface area (TPSA) is 42.4 Å². The van der Waals surface area contributed by atoms with Crippen LogP contribution in [0.15, 0.2) is 16.7 Å². The van der Waals surface area contributed by atoms with Crippen LogP contribution < -0.4 is 5.73 Å². The van der Waals surface area contributed by atoms with Gasteiger partial charge in [-0.1, -0.05) is 6.42 Å². The van der Waals surface area contributed by atoms with E-state index in [1.807, 2.05) is 6.07 Å². The average Bonchev–Trinajstić information content (AvgIpc) is 3.04. The quantitative estimate of drug-likeness (QED) is 0.871. The molecule has 1 aromatic rings. The highest BCUT2D eigenvalue weighted by atomic mass is 16.3. The molecule has 0 spiro atoms. The van der Waals surface area contributed by atoms with Crippen LogP contribution in [0.2, 0.25) is 0 Å². The molecular weight excluding hydrogens is 224 g/mol. The first-order chi connectivity index (χ1) is 8.76. The lowest BCUT2D eigenvalue weighted by Crippen LogP contribution is -2.28. The molecule has 2 saturated carbocycles. The zero-order chi connectivity index (χ0) is 12.5. The molecule has 3 unspecified atom stereocenters. The molecule has 18 heavy (non-hydrogen) atoms. The summed E-state index contributed by atoms with van der Waals surface area (Å²) in [5.74, 6) is 4.01. The van der Waals surface area contributed by atoms with Crippen LogP contribution >= 0.6 is 0 Å². The van der Waals surface area contributed by atoms with Crippen LogP contribution in [0.3, 0.4) is 0 Å². The smallest absolute Gasteiger partial charge is 0.122 e. The van der Waals surface area contributed by atoms with E-state index < -0.39 is 0 Å².